The molecule has 1 unspecified atom stereocenters. The van der Waals surface area contributed by atoms with E-state index in [0.717, 1.165) is 12.8 Å². The number of nitrogens with one attached hydrogen (secondary N) is 2. The molecule has 5 aliphatic rings. The Hall–Kier alpha value is -3.51. The Labute approximate surface area is 233 Å². The molecule has 0 aromatic carbocycles. The first kappa shape index (κ1) is 26.4. The van der Waals surface area contributed by atoms with Gasteiger partial charge in [0.2, 0.25) is 17.6 Å². The number of rotatable bonds is 9. The van der Waals surface area contributed by atoms with Crippen molar-refractivity contribution in [3.63, 3.8) is 0 Å². The molecule has 0 saturated heterocycles. The molecule has 8 rings (SSSR count). The highest BCUT2D eigenvalue weighted by molar-refractivity contribution is 5.93. The molecule has 0 radical (unpaired) electrons. The number of aromatic nitrogens is 5. The number of aryl methyl sites for hydroxylation is 1. The van der Waals surface area contributed by atoms with E-state index < -0.39 is 23.5 Å². The van der Waals surface area contributed by atoms with Crippen molar-refractivity contribution >= 4 is 17.6 Å². The lowest BCUT2D eigenvalue weighted by Crippen LogP contribution is -2.65. The first-order valence-electron chi connectivity index (χ1n) is 14.3. The summed E-state index contributed by atoms with van der Waals surface area (Å²) in [4.78, 5) is 35.4. The Morgan fingerprint density at radius 2 is 1.66 bits per heavy atom. The number of hydrogen-bond donors (Lipinski definition) is 2. The third-order valence-electron chi connectivity index (χ3n) is 9.41. The SMILES string of the molecule is Cc1nonc1C(=O)N[C@H](c1cn2ccc(C(NC(=O)CC34CC(F)(C3)C4)C3CC3)nc2n1)C1CCC(F)(F)CC1. The van der Waals surface area contributed by atoms with Gasteiger partial charge in [-0.15, -0.1) is 0 Å². The fourth-order valence-electron chi connectivity index (χ4n) is 7.18. The van der Waals surface area contributed by atoms with Gasteiger partial charge in [0.05, 0.1) is 23.5 Å². The van der Waals surface area contributed by atoms with Crippen LogP contribution in [0.5, 0.6) is 0 Å². The van der Waals surface area contributed by atoms with Crippen molar-refractivity contribution < 1.29 is 27.4 Å². The van der Waals surface area contributed by atoms with Crippen LogP contribution < -0.4 is 10.6 Å². The summed E-state index contributed by atoms with van der Waals surface area (Å²) in [6, 6.07) is 0.932. The molecular formula is C28H32F3N7O3. The van der Waals surface area contributed by atoms with Crippen LogP contribution >= 0.6 is 0 Å². The van der Waals surface area contributed by atoms with E-state index in [1.165, 1.54) is 0 Å². The van der Waals surface area contributed by atoms with Gasteiger partial charge in [-0.05, 0) is 80.3 Å². The van der Waals surface area contributed by atoms with Crippen LogP contribution in [0.2, 0.25) is 0 Å². The number of amides is 2. The fraction of sp³-hybridized carbons (Fsp3) is 0.643. The second-order valence-electron chi connectivity index (χ2n) is 12.8. The Bertz CT molecular complexity index is 1490. The zero-order valence-corrected chi connectivity index (χ0v) is 22.7. The maximum absolute atomic E-state index is 14.0. The van der Waals surface area contributed by atoms with E-state index in [0.29, 0.717) is 48.5 Å². The molecule has 218 valence electrons. The average molecular weight is 572 g/mol. The van der Waals surface area contributed by atoms with Gasteiger partial charge >= 0.3 is 0 Å². The van der Waals surface area contributed by atoms with Crippen LogP contribution in [0.3, 0.4) is 0 Å². The van der Waals surface area contributed by atoms with Gasteiger partial charge in [-0.2, -0.15) is 0 Å². The van der Waals surface area contributed by atoms with E-state index in [9.17, 15) is 22.8 Å². The second-order valence-corrected chi connectivity index (χ2v) is 12.8. The molecule has 3 aromatic rings. The van der Waals surface area contributed by atoms with E-state index in [-0.39, 0.29) is 60.6 Å². The molecule has 41 heavy (non-hydrogen) atoms. The number of carbonyl (C=O) groups excluding carboxylic acids is 2. The number of fused-ring (bicyclic) bond motifs is 1. The van der Waals surface area contributed by atoms with Gasteiger partial charge in [0, 0.05) is 31.7 Å². The minimum Gasteiger partial charge on any atom is -0.347 e. The minimum atomic E-state index is -2.72. The van der Waals surface area contributed by atoms with E-state index in [1.54, 1.807) is 17.5 Å². The monoisotopic (exact) mass is 571 g/mol. The topological polar surface area (TPSA) is 127 Å². The number of carbonyl (C=O) groups is 2. The molecule has 3 aromatic heterocycles. The molecule has 0 spiro atoms. The highest BCUT2D eigenvalue weighted by Gasteiger charge is 2.69. The summed E-state index contributed by atoms with van der Waals surface area (Å²) >= 11 is 0. The normalized spacial score (nSPS) is 28.4. The summed E-state index contributed by atoms with van der Waals surface area (Å²) in [5.74, 6) is -2.92. The molecule has 0 aliphatic heterocycles. The summed E-state index contributed by atoms with van der Waals surface area (Å²) in [5.41, 5.74) is 0.330. The van der Waals surface area contributed by atoms with Gasteiger partial charge < -0.3 is 10.6 Å². The standard InChI is InChI=1S/C28H32F3N7O3/c1-15-21(37-41-36-15)24(40)35-23(17-4-7-28(30,31)8-5-17)19-11-38-9-6-18(32-25(38)33-19)22(16-2-3-16)34-20(39)10-26-12-27(29,13-26)14-26/h6,9,11,16-17,22-23H,2-5,7-8,10,12-14H2,1H3,(H,34,39)(H,35,40)/t22?,23-,26?,27?/m0/s1. The molecule has 13 heteroatoms. The number of halogens is 3. The van der Waals surface area contributed by atoms with Gasteiger partial charge in [-0.3, -0.25) is 14.0 Å². The number of hydrogen-bond acceptors (Lipinski definition) is 7. The van der Waals surface area contributed by atoms with Crippen molar-refractivity contribution in [1.29, 1.82) is 0 Å². The van der Waals surface area contributed by atoms with E-state index in [4.69, 9.17) is 9.97 Å². The zero-order chi connectivity index (χ0) is 28.6. The Kier molecular flexibility index (Phi) is 5.95. The first-order chi connectivity index (χ1) is 19.5. The number of nitrogens with zero attached hydrogens (tertiary/aromatic N) is 5. The second kappa shape index (κ2) is 9.25. The van der Waals surface area contributed by atoms with Crippen LogP contribution in [0.1, 0.15) is 104 Å². The van der Waals surface area contributed by atoms with Gasteiger partial charge in [0.25, 0.3) is 5.91 Å². The summed E-state index contributed by atoms with van der Waals surface area (Å²) in [6.07, 6.45) is 7.20. The van der Waals surface area contributed by atoms with Crippen LogP contribution in [0.4, 0.5) is 13.2 Å². The molecule has 5 fully saturated rings. The maximum atomic E-state index is 14.0. The predicted molar refractivity (Wildman–Crippen MR) is 137 cm³/mol. The lowest BCUT2D eigenvalue weighted by atomic mass is 9.41. The third-order valence-corrected chi connectivity index (χ3v) is 9.41. The van der Waals surface area contributed by atoms with Gasteiger partial charge in [0.1, 0.15) is 11.4 Å². The number of imidazole rings is 1. The highest BCUT2D eigenvalue weighted by atomic mass is 19.3. The summed E-state index contributed by atoms with van der Waals surface area (Å²) in [5, 5.41) is 13.4. The average Bonchev–Trinajstić information content (AvgIpc) is 3.49. The fourth-order valence-corrected chi connectivity index (χ4v) is 7.18. The summed E-state index contributed by atoms with van der Waals surface area (Å²) in [7, 11) is 0. The Morgan fingerprint density at radius 3 is 2.29 bits per heavy atom. The minimum absolute atomic E-state index is 0.0314. The van der Waals surface area contributed by atoms with Crippen molar-refractivity contribution in [2.24, 2.45) is 17.3 Å². The van der Waals surface area contributed by atoms with Crippen LogP contribution in [0.25, 0.3) is 5.78 Å². The van der Waals surface area contributed by atoms with Crippen molar-refractivity contribution in [1.82, 2.24) is 35.3 Å². The van der Waals surface area contributed by atoms with Crippen molar-refractivity contribution in [2.45, 2.75) is 94.8 Å². The van der Waals surface area contributed by atoms with Gasteiger partial charge in [0.15, 0.2) is 5.69 Å². The summed E-state index contributed by atoms with van der Waals surface area (Å²) < 4.78 is 48.3. The maximum Gasteiger partial charge on any atom is 0.276 e. The molecule has 5 aliphatic carbocycles. The van der Waals surface area contributed by atoms with Crippen molar-refractivity contribution in [3.05, 3.63) is 41.2 Å². The first-order valence-corrected chi connectivity index (χ1v) is 14.3. The molecule has 5 saturated carbocycles. The Morgan fingerprint density at radius 1 is 1.00 bits per heavy atom. The molecule has 2 bridgehead atoms. The lowest BCUT2D eigenvalue weighted by molar-refractivity contribution is -0.215. The van der Waals surface area contributed by atoms with Crippen LogP contribution in [-0.4, -0.2) is 48.1 Å². The molecule has 2 amide bonds. The quantitative estimate of drug-likeness (QED) is 0.385. The number of alkyl halides is 3. The van der Waals surface area contributed by atoms with Gasteiger partial charge in [-0.1, -0.05) is 5.16 Å². The van der Waals surface area contributed by atoms with Crippen LogP contribution in [0.15, 0.2) is 23.1 Å². The van der Waals surface area contributed by atoms with Crippen molar-refractivity contribution in [3.8, 4) is 0 Å². The van der Waals surface area contributed by atoms with Crippen LogP contribution in [-0.2, 0) is 4.79 Å². The lowest BCUT2D eigenvalue weighted by Gasteiger charge is -2.65. The molecule has 2 atom stereocenters. The molecule has 3 heterocycles. The third kappa shape index (κ3) is 4.97. The van der Waals surface area contributed by atoms with E-state index in [1.807, 2.05) is 12.3 Å². The predicted octanol–water partition coefficient (Wildman–Crippen LogP) is 4.57. The van der Waals surface area contributed by atoms with Crippen LogP contribution in [0, 0.1) is 24.2 Å². The van der Waals surface area contributed by atoms with Gasteiger partial charge in [-0.25, -0.2) is 27.8 Å². The largest absolute Gasteiger partial charge is 0.347 e. The highest BCUT2D eigenvalue weighted by Crippen LogP contribution is 2.71. The zero-order valence-electron chi connectivity index (χ0n) is 22.7. The summed E-state index contributed by atoms with van der Waals surface area (Å²) in [6.45, 7) is 1.60. The van der Waals surface area contributed by atoms with E-state index >= 15 is 0 Å². The van der Waals surface area contributed by atoms with E-state index in [2.05, 4.69) is 25.6 Å². The smallest absolute Gasteiger partial charge is 0.276 e. The molecule has 10 nitrogen and oxygen atoms in total. The van der Waals surface area contributed by atoms with Crippen molar-refractivity contribution in [2.75, 3.05) is 0 Å². The molecule has 2 N–H and O–H groups in total. The molecular weight excluding hydrogens is 539 g/mol. The Balaban J connectivity index is 1.13.